The van der Waals surface area contributed by atoms with Crippen LogP contribution in [-0.4, -0.2) is 37.2 Å². The summed E-state index contributed by atoms with van der Waals surface area (Å²) in [6.45, 7) is 6.45. The zero-order valence-electron chi connectivity index (χ0n) is 40.2. The van der Waals surface area contributed by atoms with Gasteiger partial charge in [0.1, 0.15) is 13.2 Å². The number of hydrogen-bond donors (Lipinski definition) is 0. The minimum absolute atomic E-state index is 0.0916. The van der Waals surface area contributed by atoms with Crippen molar-refractivity contribution in [3.63, 3.8) is 0 Å². The number of esters is 3. The summed E-state index contributed by atoms with van der Waals surface area (Å²) in [4.78, 5) is 37.9. The first-order valence-electron chi connectivity index (χ1n) is 25.8. The van der Waals surface area contributed by atoms with Gasteiger partial charge in [0.2, 0.25) is 0 Å². The van der Waals surface area contributed by atoms with E-state index in [-0.39, 0.29) is 37.5 Å². The summed E-state index contributed by atoms with van der Waals surface area (Å²) in [5, 5.41) is 0. The molecule has 0 rings (SSSR count). The molecule has 0 fully saturated rings. The predicted octanol–water partition coefficient (Wildman–Crippen LogP) is 16.9. The number of allylic oxidation sites excluding steroid dienone is 10. The molecule has 61 heavy (non-hydrogen) atoms. The van der Waals surface area contributed by atoms with Crippen molar-refractivity contribution < 1.29 is 28.6 Å². The van der Waals surface area contributed by atoms with Crippen molar-refractivity contribution in [2.45, 2.75) is 258 Å². The van der Waals surface area contributed by atoms with E-state index in [1.165, 1.54) is 122 Å². The molecule has 0 aliphatic rings. The van der Waals surface area contributed by atoms with Crippen molar-refractivity contribution in [2.24, 2.45) is 0 Å². The first-order chi connectivity index (χ1) is 30.0. The van der Waals surface area contributed by atoms with Crippen LogP contribution in [0, 0.1) is 0 Å². The molecule has 0 aromatic rings. The Morgan fingerprint density at radius 3 is 1.10 bits per heavy atom. The molecule has 0 saturated carbocycles. The highest BCUT2D eigenvalue weighted by atomic mass is 16.6. The number of ether oxygens (including phenoxy) is 3. The van der Waals surface area contributed by atoms with Crippen molar-refractivity contribution in [1.29, 1.82) is 0 Å². The summed E-state index contributed by atoms with van der Waals surface area (Å²) in [7, 11) is 0. The van der Waals surface area contributed by atoms with Crippen LogP contribution in [0.3, 0.4) is 0 Å². The van der Waals surface area contributed by atoms with Crippen molar-refractivity contribution >= 4 is 17.9 Å². The maximum absolute atomic E-state index is 12.8. The highest BCUT2D eigenvalue weighted by Crippen LogP contribution is 2.15. The van der Waals surface area contributed by atoms with Gasteiger partial charge >= 0.3 is 17.9 Å². The summed E-state index contributed by atoms with van der Waals surface area (Å²) < 4.78 is 16.7. The molecular formula is C55H96O6. The molecule has 6 heteroatoms. The highest BCUT2D eigenvalue weighted by molar-refractivity contribution is 5.71. The van der Waals surface area contributed by atoms with Gasteiger partial charge in [0.25, 0.3) is 0 Å². The van der Waals surface area contributed by atoms with E-state index in [4.69, 9.17) is 14.2 Å². The largest absolute Gasteiger partial charge is 0.462 e. The van der Waals surface area contributed by atoms with Gasteiger partial charge < -0.3 is 14.2 Å². The molecule has 0 aromatic carbocycles. The molecule has 1 unspecified atom stereocenters. The van der Waals surface area contributed by atoms with Crippen LogP contribution in [0.5, 0.6) is 0 Å². The van der Waals surface area contributed by atoms with E-state index in [1.54, 1.807) is 0 Å². The van der Waals surface area contributed by atoms with E-state index in [1.807, 2.05) is 0 Å². The number of hydrogen-bond acceptors (Lipinski definition) is 6. The van der Waals surface area contributed by atoms with Crippen molar-refractivity contribution in [1.82, 2.24) is 0 Å². The Hall–Kier alpha value is -2.89. The molecule has 0 bridgehead atoms. The Bertz CT molecular complexity index is 1120. The normalized spacial score (nSPS) is 12.5. The fourth-order valence-corrected chi connectivity index (χ4v) is 7.12. The van der Waals surface area contributed by atoms with Gasteiger partial charge in [-0.15, -0.1) is 0 Å². The molecule has 1 atom stereocenters. The topological polar surface area (TPSA) is 78.9 Å². The molecule has 0 amide bonds. The molecule has 0 saturated heterocycles. The minimum Gasteiger partial charge on any atom is -0.462 e. The van der Waals surface area contributed by atoms with Crippen LogP contribution in [0.25, 0.3) is 0 Å². The Balaban J connectivity index is 4.40. The monoisotopic (exact) mass is 853 g/mol. The zero-order valence-corrected chi connectivity index (χ0v) is 40.2. The molecule has 352 valence electrons. The van der Waals surface area contributed by atoms with Gasteiger partial charge in [-0.2, -0.15) is 0 Å². The van der Waals surface area contributed by atoms with E-state index in [0.717, 1.165) is 83.5 Å². The number of rotatable bonds is 46. The smallest absolute Gasteiger partial charge is 0.306 e. The summed E-state index contributed by atoms with van der Waals surface area (Å²) >= 11 is 0. The molecule has 0 radical (unpaired) electrons. The van der Waals surface area contributed by atoms with Crippen molar-refractivity contribution in [3.05, 3.63) is 60.8 Å². The quantitative estimate of drug-likeness (QED) is 0.0263. The Labute approximate surface area is 377 Å². The average molecular weight is 853 g/mol. The maximum atomic E-state index is 12.8. The summed E-state index contributed by atoms with van der Waals surface area (Å²) in [6.07, 6.45) is 60.7. The summed E-state index contributed by atoms with van der Waals surface area (Å²) in [5.74, 6) is -0.939. The standard InChI is InChI=1S/C55H96O6/c1-4-7-10-13-16-19-22-24-26-27-29-30-33-36-39-42-45-48-54(57)60-51-52(50-59-53(56)47-44-41-38-35-32-21-18-15-12-9-6-3)61-55(58)49-46-43-40-37-34-31-28-25-23-20-17-14-11-8-5-2/h8,11,15,17-18,20,25,28,34,37,52H,4-7,9-10,12-14,16,19,21-24,26-27,29-33,35-36,38-51H2,1-3H3/b11-8-,18-15-,20-17-,28-25-,37-34-. The van der Waals surface area contributed by atoms with Gasteiger partial charge in [-0.25, -0.2) is 0 Å². The van der Waals surface area contributed by atoms with Crippen LogP contribution in [0.1, 0.15) is 252 Å². The maximum Gasteiger partial charge on any atom is 0.306 e. The molecule has 0 heterocycles. The van der Waals surface area contributed by atoms with Crippen LogP contribution in [0.4, 0.5) is 0 Å². The third-order valence-electron chi connectivity index (χ3n) is 11.0. The summed E-state index contributed by atoms with van der Waals surface area (Å²) in [5.41, 5.74) is 0. The number of unbranched alkanes of at least 4 members (excludes halogenated alkanes) is 25. The average Bonchev–Trinajstić information content (AvgIpc) is 3.26. The molecule has 6 nitrogen and oxygen atoms in total. The fraction of sp³-hybridized carbons (Fsp3) is 0.764. The lowest BCUT2D eigenvalue weighted by Crippen LogP contribution is -2.30. The van der Waals surface area contributed by atoms with Crippen LogP contribution in [-0.2, 0) is 28.6 Å². The molecule has 0 aliphatic heterocycles. The fourth-order valence-electron chi connectivity index (χ4n) is 7.12. The molecular weight excluding hydrogens is 757 g/mol. The highest BCUT2D eigenvalue weighted by Gasteiger charge is 2.19. The van der Waals surface area contributed by atoms with E-state index in [9.17, 15) is 14.4 Å². The predicted molar refractivity (Wildman–Crippen MR) is 261 cm³/mol. The van der Waals surface area contributed by atoms with Crippen molar-refractivity contribution in [3.8, 4) is 0 Å². The number of carbonyl (C=O) groups excluding carboxylic acids is 3. The third kappa shape index (κ3) is 48.0. The van der Waals surface area contributed by atoms with E-state index >= 15 is 0 Å². The van der Waals surface area contributed by atoms with Crippen LogP contribution in [0.2, 0.25) is 0 Å². The van der Waals surface area contributed by atoms with E-state index in [0.29, 0.717) is 19.3 Å². The molecule has 0 spiro atoms. The van der Waals surface area contributed by atoms with Gasteiger partial charge in [0.05, 0.1) is 0 Å². The third-order valence-corrected chi connectivity index (χ3v) is 11.0. The van der Waals surface area contributed by atoms with E-state index < -0.39 is 6.10 Å². The van der Waals surface area contributed by atoms with Gasteiger partial charge in [-0.05, 0) is 77.0 Å². The molecule has 0 aliphatic carbocycles. The lowest BCUT2D eigenvalue weighted by Gasteiger charge is -2.18. The SMILES string of the molecule is CC/C=C\C/C=C\C/C=C\C/C=C\CCCCC(=O)OC(COC(=O)CCCCCCC/C=C\CCCC)COC(=O)CCCCCCCCCCCCCCCCCCC. The van der Waals surface area contributed by atoms with Gasteiger partial charge in [-0.1, -0.05) is 216 Å². The molecule has 0 N–H and O–H groups in total. The Morgan fingerprint density at radius 1 is 0.344 bits per heavy atom. The van der Waals surface area contributed by atoms with E-state index in [2.05, 4.69) is 81.5 Å². The van der Waals surface area contributed by atoms with Gasteiger partial charge in [0, 0.05) is 19.3 Å². The molecule has 0 aromatic heterocycles. The second-order valence-corrected chi connectivity index (χ2v) is 17.1. The lowest BCUT2D eigenvalue weighted by molar-refractivity contribution is -0.167. The van der Waals surface area contributed by atoms with Crippen LogP contribution < -0.4 is 0 Å². The zero-order chi connectivity index (χ0) is 44.4. The van der Waals surface area contributed by atoms with Gasteiger partial charge in [-0.3, -0.25) is 14.4 Å². The van der Waals surface area contributed by atoms with Crippen LogP contribution in [0.15, 0.2) is 60.8 Å². The van der Waals surface area contributed by atoms with Crippen LogP contribution >= 0.6 is 0 Å². The Kier molecular flexibility index (Phi) is 47.4. The van der Waals surface area contributed by atoms with Gasteiger partial charge in [0.15, 0.2) is 6.10 Å². The van der Waals surface area contributed by atoms with Crippen molar-refractivity contribution in [2.75, 3.05) is 13.2 Å². The number of carbonyl (C=O) groups is 3. The first-order valence-corrected chi connectivity index (χ1v) is 25.8. The second-order valence-electron chi connectivity index (χ2n) is 17.1. The summed E-state index contributed by atoms with van der Waals surface area (Å²) in [6, 6.07) is 0. The Morgan fingerprint density at radius 2 is 0.656 bits per heavy atom. The lowest BCUT2D eigenvalue weighted by atomic mass is 10.0. The minimum atomic E-state index is -0.796. The first kappa shape index (κ1) is 58.1. The second kappa shape index (κ2) is 49.8.